The third-order valence-electron chi connectivity index (χ3n) is 8.68. The molecule has 2 heteroatoms. The van der Waals surface area contributed by atoms with Crippen LogP contribution in [0.3, 0.4) is 0 Å². The Kier molecular flexibility index (Phi) is 3.56. The van der Waals surface area contributed by atoms with E-state index in [4.69, 9.17) is 0 Å². The lowest BCUT2D eigenvalue weighted by molar-refractivity contribution is 0.664. The van der Waals surface area contributed by atoms with Gasteiger partial charge in [0, 0.05) is 37.3 Å². The lowest BCUT2D eigenvalue weighted by Gasteiger charge is -2.24. The molecule has 0 fully saturated rings. The topological polar surface area (TPSA) is 4.93 Å². The zero-order valence-electron chi connectivity index (χ0n) is 20.7. The molecular formula is C35H23NS. The first-order chi connectivity index (χ1) is 18.1. The lowest BCUT2D eigenvalue weighted by atomic mass is 9.81. The first-order valence-electron chi connectivity index (χ1n) is 13.0. The van der Waals surface area contributed by atoms with E-state index < -0.39 is 0 Å². The molecule has 0 radical (unpaired) electrons. The summed E-state index contributed by atoms with van der Waals surface area (Å²) >= 11 is 1.93. The Morgan fingerprint density at radius 3 is 2.19 bits per heavy atom. The highest BCUT2D eigenvalue weighted by Crippen LogP contribution is 2.56. The van der Waals surface area contributed by atoms with Gasteiger partial charge in [-0.1, -0.05) is 86.6 Å². The van der Waals surface area contributed by atoms with E-state index in [-0.39, 0.29) is 5.41 Å². The summed E-state index contributed by atoms with van der Waals surface area (Å²) in [7, 11) is 0. The zero-order valence-corrected chi connectivity index (χ0v) is 21.5. The summed E-state index contributed by atoms with van der Waals surface area (Å²) in [6.45, 7) is 4.81. The van der Waals surface area contributed by atoms with Crippen LogP contribution in [0.1, 0.15) is 25.0 Å². The average Bonchev–Trinajstić information content (AvgIpc) is 3.55. The standard InChI is InChI=1S/C35H23NS/c1-35(2)27-14-8-6-12-23(27)25-18-20-16-17-21-19-26-24-13-7-9-15-28(24)37-34(26)33-30(21)29(20)32(31(25)35)36(33)22-10-4-3-5-11-22/h3-19H,1-2H3. The van der Waals surface area contributed by atoms with E-state index in [1.165, 1.54) is 80.7 Å². The van der Waals surface area contributed by atoms with Crippen molar-refractivity contribution in [2.45, 2.75) is 19.3 Å². The van der Waals surface area contributed by atoms with E-state index >= 15 is 0 Å². The normalized spacial score (nSPS) is 14.4. The van der Waals surface area contributed by atoms with Gasteiger partial charge < -0.3 is 4.57 Å². The smallest absolute Gasteiger partial charge is 0.0726 e. The molecule has 8 aromatic rings. The quantitative estimate of drug-likeness (QED) is 0.202. The molecule has 0 atom stereocenters. The van der Waals surface area contributed by atoms with Crippen LogP contribution in [0.2, 0.25) is 0 Å². The molecule has 2 aromatic heterocycles. The Morgan fingerprint density at radius 1 is 0.622 bits per heavy atom. The Balaban J connectivity index is 1.62. The second-order valence-corrected chi connectivity index (χ2v) is 12.0. The Labute approximate surface area is 218 Å². The van der Waals surface area contributed by atoms with Crippen LogP contribution in [0, 0.1) is 0 Å². The molecule has 0 bridgehead atoms. The number of hydrogen-bond acceptors (Lipinski definition) is 1. The second-order valence-electron chi connectivity index (χ2n) is 11.0. The Hall–Kier alpha value is -4.14. The van der Waals surface area contributed by atoms with Crippen molar-refractivity contribution in [3.8, 4) is 16.8 Å². The number of para-hydroxylation sites is 1. The van der Waals surface area contributed by atoms with Crippen LogP contribution in [0.4, 0.5) is 0 Å². The molecule has 0 saturated carbocycles. The van der Waals surface area contributed by atoms with Crippen molar-refractivity contribution in [1.29, 1.82) is 0 Å². The molecule has 1 aliphatic rings. The zero-order chi connectivity index (χ0) is 24.5. The fraction of sp³-hybridized carbons (Fsp3) is 0.0857. The number of rotatable bonds is 1. The van der Waals surface area contributed by atoms with E-state index in [0.717, 1.165) is 0 Å². The summed E-state index contributed by atoms with van der Waals surface area (Å²) in [6, 6.07) is 38.4. The summed E-state index contributed by atoms with van der Waals surface area (Å²) in [5, 5.41) is 8.15. The molecule has 9 rings (SSSR count). The molecule has 0 unspecified atom stereocenters. The summed E-state index contributed by atoms with van der Waals surface area (Å²) in [4.78, 5) is 0. The molecule has 37 heavy (non-hydrogen) atoms. The van der Waals surface area contributed by atoms with Crippen molar-refractivity contribution in [2.24, 2.45) is 0 Å². The molecular weight excluding hydrogens is 466 g/mol. The molecule has 6 aromatic carbocycles. The molecule has 174 valence electrons. The largest absolute Gasteiger partial charge is 0.307 e. The maximum absolute atomic E-state index is 2.59. The summed E-state index contributed by atoms with van der Waals surface area (Å²) in [5.74, 6) is 0. The minimum atomic E-state index is -0.0913. The molecule has 0 saturated heterocycles. The summed E-state index contributed by atoms with van der Waals surface area (Å²) < 4.78 is 5.32. The van der Waals surface area contributed by atoms with Gasteiger partial charge in [0.25, 0.3) is 0 Å². The Bertz CT molecular complexity index is 2210. The van der Waals surface area contributed by atoms with Gasteiger partial charge >= 0.3 is 0 Å². The third-order valence-corrected chi connectivity index (χ3v) is 9.87. The van der Waals surface area contributed by atoms with Crippen molar-refractivity contribution in [3.63, 3.8) is 0 Å². The van der Waals surface area contributed by atoms with Crippen molar-refractivity contribution >= 4 is 64.1 Å². The Morgan fingerprint density at radius 2 is 1.32 bits per heavy atom. The number of fused-ring (bicyclic) bond motifs is 8. The van der Waals surface area contributed by atoms with Crippen LogP contribution in [0.5, 0.6) is 0 Å². The van der Waals surface area contributed by atoms with E-state index in [0.29, 0.717) is 0 Å². The number of nitrogens with zero attached hydrogens (tertiary/aromatic N) is 1. The van der Waals surface area contributed by atoms with Crippen molar-refractivity contribution in [1.82, 2.24) is 4.57 Å². The van der Waals surface area contributed by atoms with Gasteiger partial charge in [0.2, 0.25) is 0 Å². The van der Waals surface area contributed by atoms with Crippen LogP contribution in [0.15, 0.2) is 103 Å². The van der Waals surface area contributed by atoms with Crippen LogP contribution < -0.4 is 0 Å². The minimum Gasteiger partial charge on any atom is -0.307 e. The maximum Gasteiger partial charge on any atom is 0.0726 e. The van der Waals surface area contributed by atoms with Gasteiger partial charge in [-0.2, -0.15) is 0 Å². The fourth-order valence-electron chi connectivity index (χ4n) is 7.15. The van der Waals surface area contributed by atoms with Gasteiger partial charge in [0.15, 0.2) is 0 Å². The van der Waals surface area contributed by atoms with Gasteiger partial charge in [-0.15, -0.1) is 11.3 Å². The highest BCUT2D eigenvalue weighted by molar-refractivity contribution is 7.26. The lowest BCUT2D eigenvalue weighted by Crippen LogP contribution is -2.16. The van der Waals surface area contributed by atoms with E-state index in [1.54, 1.807) is 0 Å². The van der Waals surface area contributed by atoms with Crippen LogP contribution in [0.25, 0.3) is 69.6 Å². The molecule has 0 spiro atoms. The number of hydrogen-bond donors (Lipinski definition) is 0. The number of thiophene rings is 1. The van der Waals surface area contributed by atoms with E-state index in [9.17, 15) is 0 Å². The van der Waals surface area contributed by atoms with Crippen LogP contribution in [-0.4, -0.2) is 4.57 Å². The third kappa shape index (κ3) is 2.31. The van der Waals surface area contributed by atoms with Crippen molar-refractivity contribution in [3.05, 3.63) is 114 Å². The van der Waals surface area contributed by atoms with Gasteiger partial charge in [-0.25, -0.2) is 0 Å². The SMILES string of the molecule is CC1(C)c2ccccc2-c2cc3ccc4cc5c6ccccc6sc5c5c4c3c(c21)n5-c1ccccc1. The highest BCUT2D eigenvalue weighted by atomic mass is 32.1. The molecule has 2 heterocycles. The van der Waals surface area contributed by atoms with Crippen molar-refractivity contribution < 1.29 is 0 Å². The molecule has 0 aliphatic heterocycles. The minimum absolute atomic E-state index is 0.0913. The molecule has 0 N–H and O–H groups in total. The summed E-state index contributed by atoms with van der Waals surface area (Å²) in [5.41, 5.74) is 9.47. The van der Waals surface area contributed by atoms with Crippen LogP contribution in [-0.2, 0) is 5.41 Å². The highest BCUT2D eigenvalue weighted by Gasteiger charge is 2.39. The first-order valence-corrected chi connectivity index (χ1v) is 13.8. The molecule has 0 amide bonds. The monoisotopic (exact) mass is 489 g/mol. The predicted molar refractivity (Wildman–Crippen MR) is 160 cm³/mol. The van der Waals surface area contributed by atoms with E-state index in [2.05, 4.69) is 122 Å². The fourth-order valence-corrected chi connectivity index (χ4v) is 8.37. The molecule has 1 aliphatic carbocycles. The van der Waals surface area contributed by atoms with Crippen LogP contribution >= 0.6 is 11.3 Å². The number of benzene rings is 6. The number of aromatic nitrogens is 1. The van der Waals surface area contributed by atoms with Gasteiger partial charge in [-0.3, -0.25) is 0 Å². The maximum atomic E-state index is 2.59. The van der Waals surface area contributed by atoms with Crippen molar-refractivity contribution in [2.75, 3.05) is 0 Å². The van der Waals surface area contributed by atoms with E-state index in [1.807, 2.05) is 11.3 Å². The molecule has 1 nitrogen and oxygen atoms in total. The van der Waals surface area contributed by atoms with Gasteiger partial charge in [0.05, 0.1) is 15.7 Å². The summed E-state index contributed by atoms with van der Waals surface area (Å²) in [6.07, 6.45) is 0. The van der Waals surface area contributed by atoms with Gasteiger partial charge in [0.1, 0.15) is 0 Å². The van der Waals surface area contributed by atoms with Gasteiger partial charge in [-0.05, 0) is 63.4 Å². The second kappa shape index (κ2) is 6.59. The average molecular weight is 490 g/mol. The first kappa shape index (κ1) is 20.0. The predicted octanol–water partition coefficient (Wildman–Crippen LogP) is 10.0.